The van der Waals surface area contributed by atoms with E-state index in [1.165, 1.54) is 38.6 Å². The Morgan fingerprint density at radius 3 is 1.68 bits per heavy atom. The number of nitrogens with zero attached hydrogens (tertiary/aromatic N) is 2. The molecule has 1 unspecified atom stereocenters. The molecule has 0 aromatic rings. The summed E-state index contributed by atoms with van der Waals surface area (Å²) in [4.78, 5) is 4.48. The minimum atomic E-state index is 0.149. The molecule has 3 heteroatoms. The van der Waals surface area contributed by atoms with Crippen LogP contribution in [0.25, 0.3) is 0 Å². The third-order valence-electron chi connectivity index (χ3n) is 3.29. The van der Waals surface area contributed by atoms with Gasteiger partial charge >= 0.3 is 69.5 Å². The van der Waals surface area contributed by atoms with E-state index in [0.717, 1.165) is 0 Å². The molecule has 0 bridgehead atoms. The Morgan fingerprint density at radius 2 is 1.37 bits per heavy atom. The van der Waals surface area contributed by atoms with Gasteiger partial charge in [-0.25, -0.2) is 0 Å². The van der Waals surface area contributed by atoms with E-state index in [-0.39, 0.29) is 21.1 Å². The van der Waals surface area contributed by atoms with Crippen molar-refractivity contribution >= 4 is 21.1 Å². The SMILES string of the molecule is CC(CCN(C)C)N(C)C.CCC[CH2][Sn][CH2]CCC. The second kappa shape index (κ2) is 16.8. The summed E-state index contributed by atoms with van der Waals surface area (Å²) in [5, 5.41) is 0. The molecule has 0 fully saturated rings. The zero-order valence-corrected chi connectivity index (χ0v) is 17.5. The van der Waals surface area contributed by atoms with Gasteiger partial charge in [-0.05, 0) is 48.1 Å². The van der Waals surface area contributed by atoms with Crippen molar-refractivity contribution in [3.05, 3.63) is 0 Å². The van der Waals surface area contributed by atoms with Crippen LogP contribution in [0.4, 0.5) is 0 Å². The standard InChI is InChI=1S/C8H20N2.2C4H9.Sn/c1-8(10(4)5)6-7-9(2)3;2*1-3-4-2;/h8H,6-7H2,1-5H3;2*1,3-4H2,2H3;. The Bertz CT molecular complexity index is 155. The molecule has 2 radical (unpaired) electrons. The van der Waals surface area contributed by atoms with Crippen molar-refractivity contribution in [3.63, 3.8) is 0 Å². The summed E-state index contributed by atoms with van der Waals surface area (Å²) in [5.41, 5.74) is 0. The quantitative estimate of drug-likeness (QED) is 0.419. The molecule has 0 N–H and O–H groups in total. The van der Waals surface area contributed by atoms with Gasteiger partial charge in [0.05, 0.1) is 0 Å². The topological polar surface area (TPSA) is 6.48 Å². The van der Waals surface area contributed by atoms with Crippen LogP contribution < -0.4 is 0 Å². The zero-order chi connectivity index (χ0) is 15.1. The van der Waals surface area contributed by atoms with E-state index in [1.807, 2.05) is 0 Å². The molecule has 0 heterocycles. The van der Waals surface area contributed by atoms with E-state index < -0.39 is 0 Å². The second-order valence-corrected chi connectivity index (χ2v) is 10.1. The van der Waals surface area contributed by atoms with Crippen LogP contribution in [0.2, 0.25) is 8.87 Å². The van der Waals surface area contributed by atoms with Crippen LogP contribution in [0.5, 0.6) is 0 Å². The summed E-state index contributed by atoms with van der Waals surface area (Å²) >= 11 is 0.149. The Hall–Kier alpha value is 0.719. The van der Waals surface area contributed by atoms with E-state index in [0.29, 0.717) is 6.04 Å². The van der Waals surface area contributed by atoms with Crippen LogP contribution in [0.3, 0.4) is 0 Å². The van der Waals surface area contributed by atoms with Crippen LogP contribution in [0.1, 0.15) is 52.9 Å². The summed E-state index contributed by atoms with van der Waals surface area (Å²) in [5.74, 6) is 0. The van der Waals surface area contributed by atoms with Gasteiger partial charge in [0.25, 0.3) is 0 Å². The van der Waals surface area contributed by atoms with E-state index >= 15 is 0 Å². The van der Waals surface area contributed by atoms with E-state index in [1.54, 1.807) is 8.87 Å². The molecule has 0 rings (SSSR count). The summed E-state index contributed by atoms with van der Waals surface area (Å²) in [6.45, 7) is 8.02. The number of rotatable bonds is 10. The molecule has 0 spiro atoms. The van der Waals surface area contributed by atoms with E-state index in [2.05, 4.69) is 58.8 Å². The van der Waals surface area contributed by atoms with E-state index in [9.17, 15) is 0 Å². The van der Waals surface area contributed by atoms with Gasteiger partial charge in [0.1, 0.15) is 0 Å². The molecule has 0 aliphatic carbocycles. The third kappa shape index (κ3) is 21.2. The second-order valence-electron chi connectivity index (χ2n) is 5.86. The summed E-state index contributed by atoms with van der Waals surface area (Å²) < 4.78 is 3.25. The molecule has 0 saturated carbocycles. The van der Waals surface area contributed by atoms with Gasteiger partial charge in [0.15, 0.2) is 0 Å². The monoisotopic (exact) mass is 378 g/mol. The molecule has 0 aliphatic heterocycles. The summed E-state index contributed by atoms with van der Waals surface area (Å²) in [6.07, 6.45) is 7.09. The fourth-order valence-electron chi connectivity index (χ4n) is 1.43. The van der Waals surface area contributed by atoms with Crippen LogP contribution in [-0.2, 0) is 0 Å². The van der Waals surface area contributed by atoms with Crippen molar-refractivity contribution in [2.45, 2.75) is 67.8 Å². The van der Waals surface area contributed by atoms with Gasteiger partial charge in [-0.1, -0.05) is 0 Å². The van der Waals surface area contributed by atoms with Gasteiger partial charge in [-0.15, -0.1) is 0 Å². The Labute approximate surface area is 133 Å². The van der Waals surface area contributed by atoms with Gasteiger partial charge in [-0.3, -0.25) is 0 Å². The number of hydrogen-bond acceptors (Lipinski definition) is 2. The molecule has 19 heavy (non-hydrogen) atoms. The first kappa shape index (κ1) is 22.0. The molecule has 0 aromatic heterocycles. The first-order chi connectivity index (χ1) is 8.95. The molecule has 0 amide bonds. The van der Waals surface area contributed by atoms with Crippen molar-refractivity contribution in [1.82, 2.24) is 9.80 Å². The third-order valence-corrected chi connectivity index (χ3v) is 7.33. The number of unbranched alkanes of at least 4 members (excludes halogenated alkanes) is 2. The molecular formula is C16H38N2Sn. The van der Waals surface area contributed by atoms with Gasteiger partial charge in [-0.2, -0.15) is 0 Å². The minimum absolute atomic E-state index is 0.149. The van der Waals surface area contributed by atoms with Crippen LogP contribution >= 0.6 is 0 Å². The maximum atomic E-state index is 2.29. The van der Waals surface area contributed by atoms with Crippen molar-refractivity contribution < 1.29 is 0 Å². The zero-order valence-electron chi connectivity index (χ0n) is 14.6. The summed E-state index contributed by atoms with van der Waals surface area (Å²) in [6, 6.07) is 0.697. The van der Waals surface area contributed by atoms with Gasteiger partial charge < -0.3 is 9.80 Å². The first-order valence-corrected chi connectivity index (χ1v) is 12.0. The molecule has 116 valence electrons. The fourth-order valence-corrected chi connectivity index (χ4v) is 5.59. The Balaban J connectivity index is 0. The predicted octanol–water partition coefficient (Wildman–Crippen LogP) is 4.02. The first-order valence-electron chi connectivity index (χ1n) is 7.97. The molecule has 2 nitrogen and oxygen atoms in total. The van der Waals surface area contributed by atoms with Gasteiger partial charge in [0.2, 0.25) is 0 Å². The molecule has 0 aliphatic rings. The number of hydrogen-bond donors (Lipinski definition) is 0. The van der Waals surface area contributed by atoms with Crippen molar-refractivity contribution in [1.29, 1.82) is 0 Å². The van der Waals surface area contributed by atoms with Crippen LogP contribution in [-0.4, -0.2) is 71.7 Å². The van der Waals surface area contributed by atoms with E-state index in [4.69, 9.17) is 0 Å². The van der Waals surface area contributed by atoms with Crippen molar-refractivity contribution in [2.75, 3.05) is 34.7 Å². The Morgan fingerprint density at radius 1 is 0.895 bits per heavy atom. The fraction of sp³-hybridized carbons (Fsp3) is 1.00. The average Bonchev–Trinajstić information content (AvgIpc) is 2.36. The average molecular weight is 377 g/mol. The van der Waals surface area contributed by atoms with Crippen molar-refractivity contribution in [2.24, 2.45) is 0 Å². The molecule has 1 atom stereocenters. The molecular weight excluding hydrogens is 339 g/mol. The normalized spacial score (nSPS) is 12.5. The van der Waals surface area contributed by atoms with Crippen LogP contribution in [0.15, 0.2) is 0 Å². The van der Waals surface area contributed by atoms with Crippen LogP contribution in [0, 0.1) is 0 Å². The Kier molecular flexibility index (Phi) is 19.4. The predicted molar refractivity (Wildman–Crippen MR) is 91.5 cm³/mol. The van der Waals surface area contributed by atoms with Gasteiger partial charge in [0, 0.05) is 6.04 Å². The maximum absolute atomic E-state index is 2.29. The van der Waals surface area contributed by atoms with Crippen molar-refractivity contribution in [3.8, 4) is 0 Å². The molecule has 0 aromatic carbocycles. The molecule has 0 saturated heterocycles. The summed E-state index contributed by atoms with van der Waals surface area (Å²) in [7, 11) is 8.48.